The van der Waals surface area contributed by atoms with Gasteiger partial charge < -0.3 is 11.1 Å². The summed E-state index contributed by atoms with van der Waals surface area (Å²) in [6.45, 7) is 7.33. The monoisotopic (exact) mass is 284 g/mol. The van der Waals surface area contributed by atoms with Gasteiger partial charge in [0, 0.05) is 4.47 Å². The van der Waals surface area contributed by atoms with Crippen molar-refractivity contribution in [2.45, 2.75) is 33.2 Å². The lowest BCUT2D eigenvalue weighted by Gasteiger charge is -2.19. The molecule has 0 aliphatic carbocycles. The Morgan fingerprint density at radius 1 is 1.38 bits per heavy atom. The molecule has 1 rings (SSSR count). The van der Waals surface area contributed by atoms with Crippen LogP contribution in [0.4, 0.5) is 5.69 Å². The summed E-state index contributed by atoms with van der Waals surface area (Å²) in [5.74, 6) is -0.194. The van der Waals surface area contributed by atoms with Gasteiger partial charge in [0.25, 0.3) is 0 Å². The Morgan fingerprint density at radius 3 is 2.38 bits per heavy atom. The van der Waals surface area contributed by atoms with Crippen LogP contribution in [0.2, 0.25) is 0 Å². The van der Waals surface area contributed by atoms with E-state index in [1.54, 1.807) is 13.8 Å². The lowest BCUT2D eigenvalue weighted by Crippen LogP contribution is -2.45. The van der Waals surface area contributed by atoms with Gasteiger partial charge in [-0.25, -0.2) is 0 Å². The van der Waals surface area contributed by atoms with Crippen molar-refractivity contribution >= 4 is 27.5 Å². The second-order valence-corrected chi connectivity index (χ2v) is 5.47. The molecule has 0 heterocycles. The maximum Gasteiger partial charge on any atom is 0.243 e. The van der Waals surface area contributed by atoms with E-state index in [2.05, 4.69) is 21.2 Å². The highest BCUT2D eigenvalue weighted by Gasteiger charge is 2.23. The van der Waals surface area contributed by atoms with Crippen LogP contribution in [0.25, 0.3) is 0 Å². The molecule has 0 bridgehead atoms. The topological polar surface area (TPSA) is 55.1 Å². The Labute approximate surface area is 105 Å². The van der Waals surface area contributed by atoms with Gasteiger partial charge in [-0.05, 0) is 60.8 Å². The third-order valence-electron chi connectivity index (χ3n) is 2.26. The second-order valence-electron chi connectivity index (χ2n) is 4.61. The van der Waals surface area contributed by atoms with Crippen molar-refractivity contribution in [3.8, 4) is 0 Å². The van der Waals surface area contributed by atoms with E-state index < -0.39 is 5.54 Å². The Kier molecular flexibility index (Phi) is 3.76. The van der Waals surface area contributed by atoms with Gasteiger partial charge >= 0.3 is 0 Å². The molecule has 1 amide bonds. The normalized spacial score (nSPS) is 11.4. The first-order chi connectivity index (χ1) is 7.21. The number of hydrogen-bond acceptors (Lipinski definition) is 2. The molecule has 0 radical (unpaired) electrons. The summed E-state index contributed by atoms with van der Waals surface area (Å²) in [6, 6.07) is 3.98. The van der Waals surface area contributed by atoms with Crippen LogP contribution in [0.15, 0.2) is 16.6 Å². The lowest BCUT2D eigenvalue weighted by molar-refractivity contribution is -0.120. The summed E-state index contributed by atoms with van der Waals surface area (Å²) < 4.78 is 0.877. The van der Waals surface area contributed by atoms with E-state index in [-0.39, 0.29) is 5.91 Å². The summed E-state index contributed by atoms with van der Waals surface area (Å²) in [7, 11) is 0. The van der Waals surface area contributed by atoms with Crippen molar-refractivity contribution in [1.82, 2.24) is 0 Å². The molecule has 3 nitrogen and oxygen atoms in total. The van der Waals surface area contributed by atoms with Crippen molar-refractivity contribution in [2.24, 2.45) is 5.73 Å². The number of aryl methyl sites for hydroxylation is 2. The zero-order chi connectivity index (χ0) is 12.5. The maximum absolute atomic E-state index is 11.8. The number of nitrogens with two attached hydrogens (primary N) is 1. The lowest BCUT2D eigenvalue weighted by atomic mass is 10.1. The third kappa shape index (κ3) is 3.06. The van der Waals surface area contributed by atoms with E-state index in [1.165, 1.54) is 0 Å². The molecule has 0 aromatic heterocycles. The molecule has 0 atom stereocenters. The SMILES string of the molecule is Cc1cc(C)c(NC(=O)C(C)(C)N)c(Br)c1. The molecule has 1 aromatic rings. The van der Waals surface area contributed by atoms with E-state index in [9.17, 15) is 4.79 Å². The maximum atomic E-state index is 11.8. The van der Waals surface area contributed by atoms with Gasteiger partial charge in [0.15, 0.2) is 0 Å². The number of anilines is 1. The van der Waals surface area contributed by atoms with E-state index in [0.29, 0.717) is 0 Å². The molecular formula is C12H17BrN2O. The van der Waals surface area contributed by atoms with Gasteiger partial charge in [-0.2, -0.15) is 0 Å². The number of benzene rings is 1. The second kappa shape index (κ2) is 4.55. The predicted molar refractivity (Wildman–Crippen MR) is 70.5 cm³/mol. The van der Waals surface area contributed by atoms with Crippen LogP contribution in [-0.2, 0) is 4.79 Å². The number of carbonyl (C=O) groups excluding carboxylic acids is 1. The van der Waals surface area contributed by atoms with Gasteiger partial charge in [0.05, 0.1) is 11.2 Å². The molecule has 0 fully saturated rings. The number of nitrogens with one attached hydrogen (secondary N) is 1. The van der Waals surface area contributed by atoms with Crippen LogP contribution in [0.3, 0.4) is 0 Å². The van der Waals surface area contributed by atoms with E-state index in [4.69, 9.17) is 5.73 Å². The van der Waals surface area contributed by atoms with E-state index >= 15 is 0 Å². The molecule has 88 valence electrons. The summed E-state index contributed by atoms with van der Waals surface area (Å²) in [5, 5.41) is 2.83. The minimum absolute atomic E-state index is 0.194. The predicted octanol–water partition coefficient (Wildman–Crippen LogP) is 2.74. The number of hydrogen-bond donors (Lipinski definition) is 2. The quantitative estimate of drug-likeness (QED) is 0.877. The van der Waals surface area contributed by atoms with Gasteiger partial charge in [-0.1, -0.05) is 6.07 Å². The molecule has 0 unspecified atom stereocenters. The molecule has 0 saturated carbocycles. The summed E-state index contributed by atoms with van der Waals surface area (Å²) in [5.41, 5.74) is 7.80. The van der Waals surface area contributed by atoms with Gasteiger partial charge in [-0.15, -0.1) is 0 Å². The molecule has 0 spiro atoms. The molecule has 3 N–H and O–H groups in total. The largest absolute Gasteiger partial charge is 0.323 e. The fourth-order valence-corrected chi connectivity index (χ4v) is 2.12. The van der Waals surface area contributed by atoms with Crippen molar-refractivity contribution in [3.63, 3.8) is 0 Å². The highest BCUT2D eigenvalue weighted by Crippen LogP contribution is 2.28. The van der Waals surface area contributed by atoms with Crippen LogP contribution < -0.4 is 11.1 Å². The number of halogens is 1. The van der Waals surface area contributed by atoms with Crippen molar-refractivity contribution in [3.05, 3.63) is 27.7 Å². The smallest absolute Gasteiger partial charge is 0.243 e. The fourth-order valence-electron chi connectivity index (χ4n) is 1.35. The zero-order valence-corrected chi connectivity index (χ0v) is 11.6. The average Bonchev–Trinajstić information content (AvgIpc) is 2.08. The zero-order valence-electron chi connectivity index (χ0n) is 10.0. The third-order valence-corrected chi connectivity index (χ3v) is 2.88. The van der Waals surface area contributed by atoms with Crippen molar-refractivity contribution in [1.29, 1.82) is 0 Å². The minimum atomic E-state index is -0.878. The Balaban J connectivity index is 3.03. The van der Waals surface area contributed by atoms with Crippen LogP contribution >= 0.6 is 15.9 Å². The Hall–Kier alpha value is -0.870. The first-order valence-electron chi connectivity index (χ1n) is 5.09. The van der Waals surface area contributed by atoms with Crippen LogP contribution in [-0.4, -0.2) is 11.4 Å². The first kappa shape index (κ1) is 13.2. The van der Waals surface area contributed by atoms with Crippen LogP contribution in [0.5, 0.6) is 0 Å². The van der Waals surface area contributed by atoms with Crippen LogP contribution in [0, 0.1) is 13.8 Å². The molecule has 0 aliphatic rings. The minimum Gasteiger partial charge on any atom is -0.323 e. The van der Waals surface area contributed by atoms with Crippen LogP contribution in [0.1, 0.15) is 25.0 Å². The number of carbonyl (C=O) groups is 1. The molecular weight excluding hydrogens is 268 g/mol. The molecule has 4 heteroatoms. The van der Waals surface area contributed by atoms with Gasteiger partial charge in [0.2, 0.25) is 5.91 Å². The highest BCUT2D eigenvalue weighted by molar-refractivity contribution is 9.10. The summed E-state index contributed by atoms with van der Waals surface area (Å²) in [4.78, 5) is 11.8. The number of rotatable bonds is 2. The van der Waals surface area contributed by atoms with Gasteiger partial charge in [0.1, 0.15) is 0 Å². The first-order valence-corrected chi connectivity index (χ1v) is 5.88. The van der Waals surface area contributed by atoms with E-state index in [0.717, 1.165) is 21.3 Å². The van der Waals surface area contributed by atoms with Gasteiger partial charge in [-0.3, -0.25) is 4.79 Å². The molecule has 1 aromatic carbocycles. The van der Waals surface area contributed by atoms with Crippen molar-refractivity contribution in [2.75, 3.05) is 5.32 Å². The summed E-state index contributed by atoms with van der Waals surface area (Å²) >= 11 is 3.44. The molecule has 16 heavy (non-hydrogen) atoms. The fraction of sp³-hybridized carbons (Fsp3) is 0.417. The average molecular weight is 285 g/mol. The summed E-state index contributed by atoms with van der Waals surface area (Å²) in [6.07, 6.45) is 0. The Morgan fingerprint density at radius 2 is 1.94 bits per heavy atom. The Bertz CT molecular complexity index is 399. The van der Waals surface area contributed by atoms with Crippen molar-refractivity contribution < 1.29 is 4.79 Å². The number of amides is 1. The standard InChI is InChI=1S/C12H17BrN2O/c1-7-5-8(2)10(9(13)6-7)15-11(16)12(3,4)14/h5-6H,14H2,1-4H3,(H,15,16). The molecule has 0 saturated heterocycles. The van der Waals surface area contributed by atoms with E-state index in [1.807, 2.05) is 26.0 Å². The highest BCUT2D eigenvalue weighted by atomic mass is 79.9. The molecule has 0 aliphatic heterocycles.